The quantitative estimate of drug-likeness (QED) is 0.136. The molecule has 1 aliphatic heterocycles. The topological polar surface area (TPSA) is 3.24 Å². The monoisotopic (exact) mass is 464 g/mol. The van der Waals surface area contributed by atoms with E-state index in [0.717, 1.165) is 17.8 Å². The van der Waals surface area contributed by atoms with E-state index in [1.807, 2.05) is 0 Å². The smallest absolute Gasteiger partial charge is 0.000966 e. The molecule has 0 spiro atoms. The van der Waals surface area contributed by atoms with Gasteiger partial charge in [0.2, 0.25) is 0 Å². The SMILES string of the molecule is CCCCCCC(CCCC)CCCCC1CCN(CC(CCCC)CCCCCC)CC1. The number of hydrogen-bond acceptors (Lipinski definition) is 1. The third-order valence-corrected chi connectivity index (χ3v) is 8.56. The van der Waals surface area contributed by atoms with Gasteiger partial charge in [0, 0.05) is 6.54 Å². The fourth-order valence-corrected chi connectivity index (χ4v) is 6.15. The Labute approximate surface area is 211 Å². The molecule has 33 heavy (non-hydrogen) atoms. The molecule has 1 saturated heterocycles. The second-order valence-electron chi connectivity index (χ2n) is 11.7. The lowest BCUT2D eigenvalue weighted by molar-refractivity contribution is 0.146. The van der Waals surface area contributed by atoms with Crippen LogP contribution in [0.25, 0.3) is 0 Å². The Morgan fingerprint density at radius 2 is 0.970 bits per heavy atom. The summed E-state index contributed by atoms with van der Waals surface area (Å²) in [4.78, 5) is 2.84. The minimum Gasteiger partial charge on any atom is -0.303 e. The van der Waals surface area contributed by atoms with E-state index in [1.165, 1.54) is 161 Å². The predicted molar refractivity (Wildman–Crippen MR) is 151 cm³/mol. The molecule has 0 bridgehead atoms. The highest BCUT2D eigenvalue weighted by atomic mass is 15.1. The Morgan fingerprint density at radius 3 is 1.52 bits per heavy atom. The van der Waals surface area contributed by atoms with Crippen LogP contribution in [0, 0.1) is 17.8 Å². The Balaban J connectivity index is 2.20. The van der Waals surface area contributed by atoms with E-state index >= 15 is 0 Å². The van der Waals surface area contributed by atoms with Gasteiger partial charge in [-0.25, -0.2) is 0 Å². The molecule has 0 aromatic heterocycles. The van der Waals surface area contributed by atoms with Crippen LogP contribution in [0.15, 0.2) is 0 Å². The highest BCUT2D eigenvalue weighted by molar-refractivity contribution is 4.75. The van der Waals surface area contributed by atoms with Crippen LogP contribution in [0.5, 0.6) is 0 Å². The highest BCUT2D eigenvalue weighted by Gasteiger charge is 2.21. The average molecular weight is 464 g/mol. The molecule has 0 amide bonds. The van der Waals surface area contributed by atoms with Crippen LogP contribution in [0.4, 0.5) is 0 Å². The molecule has 0 radical (unpaired) electrons. The number of hydrogen-bond donors (Lipinski definition) is 0. The average Bonchev–Trinajstić information content (AvgIpc) is 2.84. The van der Waals surface area contributed by atoms with Crippen molar-refractivity contribution in [2.24, 2.45) is 17.8 Å². The lowest BCUT2D eigenvalue weighted by atomic mass is 9.87. The van der Waals surface area contributed by atoms with E-state index < -0.39 is 0 Å². The van der Waals surface area contributed by atoms with Crippen molar-refractivity contribution in [2.75, 3.05) is 19.6 Å². The van der Waals surface area contributed by atoms with Crippen LogP contribution in [0.2, 0.25) is 0 Å². The lowest BCUT2D eigenvalue weighted by Crippen LogP contribution is -2.37. The summed E-state index contributed by atoms with van der Waals surface area (Å²) in [5, 5.41) is 0. The van der Waals surface area contributed by atoms with Gasteiger partial charge in [0.15, 0.2) is 0 Å². The van der Waals surface area contributed by atoms with Gasteiger partial charge in [0.25, 0.3) is 0 Å². The summed E-state index contributed by atoms with van der Waals surface area (Å²) >= 11 is 0. The molecule has 1 heteroatoms. The first-order chi connectivity index (χ1) is 16.2. The van der Waals surface area contributed by atoms with Crippen LogP contribution < -0.4 is 0 Å². The van der Waals surface area contributed by atoms with E-state index in [9.17, 15) is 0 Å². The van der Waals surface area contributed by atoms with E-state index in [-0.39, 0.29) is 0 Å². The van der Waals surface area contributed by atoms with Gasteiger partial charge in [-0.15, -0.1) is 0 Å². The first-order valence-corrected chi connectivity index (χ1v) is 16.0. The molecule has 2 atom stereocenters. The summed E-state index contributed by atoms with van der Waals surface area (Å²) < 4.78 is 0. The van der Waals surface area contributed by atoms with Crippen molar-refractivity contribution in [3.63, 3.8) is 0 Å². The molecule has 2 unspecified atom stereocenters. The van der Waals surface area contributed by atoms with Crippen molar-refractivity contribution in [1.82, 2.24) is 4.90 Å². The number of piperidine rings is 1. The van der Waals surface area contributed by atoms with Crippen molar-refractivity contribution in [3.8, 4) is 0 Å². The maximum Gasteiger partial charge on any atom is 0.000966 e. The zero-order valence-corrected chi connectivity index (χ0v) is 23.9. The first-order valence-electron chi connectivity index (χ1n) is 16.0. The molecule has 0 aromatic carbocycles. The summed E-state index contributed by atoms with van der Waals surface area (Å²) in [6.07, 6.45) is 32.1. The van der Waals surface area contributed by atoms with E-state index in [0.29, 0.717) is 0 Å². The third kappa shape index (κ3) is 17.1. The highest BCUT2D eigenvalue weighted by Crippen LogP contribution is 2.28. The molecular weight excluding hydrogens is 398 g/mol. The summed E-state index contributed by atoms with van der Waals surface area (Å²) in [5.41, 5.74) is 0. The second-order valence-corrected chi connectivity index (χ2v) is 11.7. The van der Waals surface area contributed by atoms with E-state index in [2.05, 4.69) is 32.6 Å². The van der Waals surface area contributed by atoms with Gasteiger partial charge >= 0.3 is 0 Å². The normalized spacial score (nSPS) is 17.5. The van der Waals surface area contributed by atoms with E-state index in [1.54, 1.807) is 0 Å². The Kier molecular flexibility index (Phi) is 21.1. The van der Waals surface area contributed by atoms with Crippen molar-refractivity contribution < 1.29 is 0 Å². The molecule has 1 aliphatic rings. The molecule has 1 heterocycles. The summed E-state index contributed by atoms with van der Waals surface area (Å²) in [5.74, 6) is 3.02. The van der Waals surface area contributed by atoms with Crippen LogP contribution in [-0.4, -0.2) is 24.5 Å². The minimum atomic E-state index is 0.968. The number of unbranched alkanes of at least 4 members (excludes halogenated alkanes) is 9. The zero-order chi connectivity index (χ0) is 24.0. The zero-order valence-electron chi connectivity index (χ0n) is 23.9. The van der Waals surface area contributed by atoms with Crippen LogP contribution in [0.1, 0.15) is 169 Å². The van der Waals surface area contributed by atoms with Gasteiger partial charge in [0.1, 0.15) is 0 Å². The van der Waals surface area contributed by atoms with Gasteiger partial charge in [0.05, 0.1) is 0 Å². The van der Waals surface area contributed by atoms with Crippen LogP contribution in [-0.2, 0) is 0 Å². The molecule has 0 N–H and O–H groups in total. The predicted octanol–water partition coefficient (Wildman–Crippen LogP) is 10.8. The number of nitrogens with zero attached hydrogens (tertiary/aromatic N) is 1. The summed E-state index contributed by atoms with van der Waals surface area (Å²) in [6.45, 7) is 13.6. The van der Waals surface area contributed by atoms with E-state index in [4.69, 9.17) is 0 Å². The molecule has 1 rings (SSSR count). The maximum absolute atomic E-state index is 2.84. The van der Waals surface area contributed by atoms with Gasteiger partial charge in [-0.2, -0.15) is 0 Å². The largest absolute Gasteiger partial charge is 0.303 e. The van der Waals surface area contributed by atoms with Gasteiger partial charge in [-0.3, -0.25) is 0 Å². The molecule has 0 saturated carbocycles. The van der Waals surface area contributed by atoms with Crippen LogP contribution in [0.3, 0.4) is 0 Å². The minimum absolute atomic E-state index is 0.968. The van der Waals surface area contributed by atoms with Gasteiger partial charge in [-0.1, -0.05) is 143 Å². The Bertz CT molecular complexity index is 381. The number of likely N-dealkylation sites (tertiary alicyclic amines) is 1. The fourth-order valence-electron chi connectivity index (χ4n) is 6.15. The molecular formula is C32H65N. The maximum atomic E-state index is 2.84. The molecule has 0 aromatic rings. The fraction of sp³-hybridized carbons (Fsp3) is 1.00. The molecule has 0 aliphatic carbocycles. The lowest BCUT2D eigenvalue weighted by Gasteiger charge is -2.34. The van der Waals surface area contributed by atoms with Crippen molar-refractivity contribution in [2.45, 2.75) is 169 Å². The second kappa shape index (κ2) is 22.4. The van der Waals surface area contributed by atoms with Gasteiger partial charge in [-0.05, 0) is 56.5 Å². The molecule has 198 valence electrons. The van der Waals surface area contributed by atoms with Crippen molar-refractivity contribution in [3.05, 3.63) is 0 Å². The van der Waals surface area contributed by atoms with Crippen molar-refractivity contribution in [1.29, 1.82) is 0 Å². The Morgan fingerprint density at radius 1 is 0.515 bits per heavy atom. The molecule has 1 nitrogen and oxygen atoms in total. The van der Waals surface area contributed by atoms with Crippen molar-refractivity contribution >= 4 is 0 Å². The summed E-state index contributed by atoms with van der Waals surface area (Å²) in [6, 6.07) is 0. The first kappa shape index (κ1) is 31.0. The Hall–Kier alpha value is -0.0400. The summed E-state index contributed by atoms with van der Waals surface area (Å²) in [7, 11) is 0. The third-order valence-electron chi connectivity index (χ3n) is 8.56. The molecule has 1 fully saturated rings. The van der Waals surface area contributed by atoms with Crippen LogP contribution >= 0.6 is 0 Å². The number of rotatable bonds is 23. The van der Waals surface area contributed by atoms with Gasteiger partial charge < -0.3 is 4.90 Å². The standard InChI is InChI=1S/C32H65N/c1-5-9-13-15-21-30(19-11-7-3)22-17-18-23-31-25-27-33(28-26-31)29-32(20-12-8-4)24-16-14-10-6-2/h30-32H,5-29H2,1-4H3.